The third-order valence-corrected chi connectivity index (χ3v) is 11.6. The molecule has 0 aliphatic carbocycles. The molecule has 0 aromatic carbocycles. The van der Waals surface area contributed by atoms with Crippen LogP contribution in [-0.2, 0) is 28.6 Å². The highest BCUT2D eigenvalue weighted by Crippen LogP contribution is 2.14. The number of rotatable bonds is 49. The van der Waals surface area contributed by atoms with E-state index in [2.05, 4.69) is 130 Å². The van der Waals surface area contributed by atoms with E-state index in [1.807, 2.05) is 0 Å². The van der Waals surface area contributed by atoms with Gasteiger partial charge in [-0.15, -0.1) is 0 Å². The number of unbranched alkanes of at least 4 members (excludes halogenated alkanes) is 23. The molecule has 0 fully saturated rings. The van der Waals surface area contributed by atoms with Crippen LogP contribution in [0.5, 0.6) is 0 Å². The van der Waals surface area contributed by atoms with Crippen LogP contribution in [0.2, 0.25) is 0 Å². The second-order valence-electron chi connectivity index (χ2n) is 18.2. The Bertz CT molecular complexity index is 1410. The highest BCUT2D eigenvalue weighted by atomic mass is 16.6. The van der Waals surface area contributed by atoms with Crippen molar-refractivity contribution in [2.45, 2.75) is 252 Å². The van der Waals surface area contributed by atoms with Gasteiger partial charge in [0.25, 0.3) is 0 Å². The first-order valence-corrected chi connectivity index (χ1v) is 27.9. The first-order chi connectivity index (χ1) is 33.5. The summed E-state index contributed by atoms with van der Waals surface area (Å²) in [6, 6.07) is 0. The Labute approximate surface area is 419 Å². The van der Waals surface area contributed by atoms with Gasteiger partial charge in [0, 0.05) is 19.3 Å². The van der Waals surface area contributed by atoms with Crippen molar-refractivity contribution in [3.05, 3.63) is 109 Å². The summed E-state index contributed by atoms with van der Waals surface area (Å²) in [4.78, 5) is 38.1. The molecule has 68 heavy (non-hydrogen) atoms. The Hall–Kier alpha value is -3.93. The van der Waals surface area contributed by atoms with Crippen LogP contribution < -0.4 is 0 Å². The number of carbonyl (C=O) groups is 3. The molecule has 0 saturated heterocycles. The van der Waals surface area contributed by atoms with Gasteiger partial charge in [0.2, 0.25) is 0 Å². The Kier molecular flexibility index (Phi) is 52.4. The van der Waals surface area contributed by atoms with Crippen LogP contribution >= 0.6 is 0 Å². The molecule has 0 aromatic heterocycles. The molecule has 0 amide bonds. The van der Waals surface area contributed by atoms with Crippen LogP contribution in [0.1, 0.15) is 245 Å². The summed E-state index contributed by atoms with van der Waals surface area (Å²) in [5, 5.41) is 0. The van der Waals surface area contributed by atoms with Crippen molar-refractivity contribution in [3.63, 3.8) is 0 Å². The fourth-order valence-corrected chi connectivity index (χ4v) is 7.42. The number of allylic oxidation sites excluding steroid dienone is 18. The molecule has 0 heterocycles. The summed E-state index contributed by atoms with van der Waals surface area (Å²) in [6.07, 6.45) is 75.0. The van der Waals surface area contributed by atoms with Crippen molar-refractivity contribution in [2.24, 2.45) is 0 Å². The first-order valence-electron chi connectivity index (χ1n) is 27.9. The summed E-state index contributed by atoms with van der Waals surface area (Å²) in [7, 11) is 0. The number of esters is 3. The molecule has 6 nitrogen and oxygen atoms in total. The Morgan fingerprint density at radius 2 is 0.647 bits per heavy atom. The predicted molar refractivity (Wildman–Crippen MR) is 293 cm³/mol. The highest BCUT2D eigenvalue weighted by molar-refractivity contribution is 5.71. The topological polar surface area (TPSA) is 78.9 Å². The summed E-state index contributed by atoms with van der Waals surface area (Å²) in [5.74, 6) is -0.954. The number of ether oxygens (including phenoxy) is 3. The molecule has 386 valence electrons. The number of hydrogen-bond donors (Lipinski definition) is 0. The minimum atomic E-state index is -0.805. The standard InChI is InChI=1S/C62H102O6/c1-4-7-10-13-16-19-22-25-28-30-31-32-35-37-40-43-46-49-52-55-61(64)67-58-59(57-66-60(63)54-51-48-45-42-39-36-33-27-24-21-18-15-12-9-6-3)68-62(65)56-53-50-47-44-41-38-34-29-26-23-20-17-14-11-8-5-2/h7,9-10,12,15-16,18-19,21,24-25,28-29,31-32,34,38,41,59H,4-6,8,11,13-14,17,20,22-23,26-27,30,33,35-37,39-40,42-58H2,1-3H3/b10-7-,12-9-,18-15-,19-16-,24-21-,28-25-,32-31-,34-29-,41-38-. The lowest BCUT2D eigenvalue weighted by Gasteiger charge is -2.18. The molecule has 6 heteroatoms. The van der Waals surface area contributed by atoms with Crippen LogP contribution in [0.15, 0.2) is 109 Å². The third-order valence-electron chi connectivity index (χ3n) is 11.6. The molecule has 0 aromatic rings. The van der Waals surface area contributed by atoms with E-state index in [9.17, 15) is 14.4 Å². The van der Waals surface area contributed by atoms with E-state index in [1.165, 1.54) is 83.5 Å². The van der Waals surface area contributed by atoms with Crippen LogP contribution in [0.4, 0.5) is 0 Å². The first kappa shape index (κ1) is 64.1. The van der Waals surface area contributed by atoms with Crippen molar-refractivity contribution in [1.82, 2.24) is 0 Å². The van der Waals surface area contributed by atoms with E-state index in [1.54, 1.807) is 0 Å². The molecule has 0 aliphatic rings. The molecule has 0 rings (SSSR count). The van der Waals surface area contributed by atoms with E-state index in [0.717, 1.165) is 122 Å². The van der Waals surface area contributed by atoms with Gasteiger partial charge in [-0.05, 0) is 103 Å². The maximum Gasteiger partial charge on any atom is 0.306 e. The van der Waals surface area contributed by atoms with Crippen LogP contribution in [0.25, 0.3) is 0 Å². The summed E-state index contributed by atoms with van der Waals surface area (Å²) in [6.45, 7) is 6.35. The fourth-order valence-electron chi connectivity index (χ4n) is 7.42. The van der Waals surface area contributed by atoms with E-state index < -0.39 is 6.10 Å². The quantitative estimate of drug-likeness (QED) is 0.0199. The van der Waals surface area contributed by atoms with E-state index in [-0.39, 0.29) is 37.5 Å². The Morgan fingerprint density at radius 3 is 1.09 bits per heavy atom. The van der Waals surface area contributed by atoms with E-state index >= 15 is 0 Å². The average Bonchev–Trinajstić information content (AvgIpc) is 3.34. The number of carbonyl (C=O) groups excluding carboxylic acids is 3. The minimum Gasteiger partial charge on any atom is -0.462 e. The van der Waals surface area contributed by atoms with E-state index in [0.29, 0.717) is 12.8 Å². The van der Waals surface area contributed by atoms with Gasteiger partial charge in [-0.1, -0.05) is 233 Å². The van der Waals surface area contributed by atoms with Gasteiger partial charge in [0.05, 0.1) is 0 Å². The summed E-state index contributed by atoms with van der Waals surface area (Å²) in [5.41, 5.74) is 0. The van der Waals surface area contributed by atoms with Gasteiger partial charge in [-0.25, -0.2) is 0 Å². The second kappa shape index (κ2) is 55.7. The zero-order chi connectivity index (χ0) is 49.3. The maximum atomic E-state index is 12.8. The fraction of sp³-hybridized carbons (Fsp3) is 0.661. The molecule has 0 N–H and O–H groups in total. The molecule has 0 aliphatic heterocycles. The summed E-state index contributed by atoms with van der Waals surface area (Å²) >= 11 is 0. The summed E-state index contributed by atoms with van der Waals surface area (Å²) < 4.78 is 16.8. The molecular formula is C62H102O6. The molecule has 0 spiro atoms. The average molecular weight is 943 g/mol. The van der Waals surface area contributed by atoms with Crippen molar-refractivity contribution < 1.29 is 28.6 Å². The van der Waals surface area contributed by atoms with Crippen LogP contribution in [0.3, 0.4) is 0 Å². The second-order valence-corrected chi connectivity index (χ2v) is 18.2. The van der Waals surface area contributed by atoms with Crippen molar-refractivity contribution in [1.29, 1.82) is 0 Å². The lowest BCUT2D eigenvalue weighted by Crippen LogP contribution is -2.30. The van der Waals surface area contributed by atoms with Crippen LogP contribution in [0, 0.1) is 0 Å². The van der Waals surface area contributed by atoms with Gasteiger partial charge in [-0.2, -0.15) is 0 Å². The van der Waals surface area contributed by atoms with Gasteiger partial charge in [0.15, 0.2) is 6.10 Å². The Morgan fingerprint density at radius 1 is 0.324 bits per heavy atom. The third kappa shape index (κ3) is 53.0. The SMILES string of the molecule is CC\C=C/C=C\C=C/CCCCCCCCCC(=O)OCC(COC(=O)CCCCCCCC/C=C\C/C=C\C/C=C\C/C=C\CC)OC(=O)CCCCC/C=C\C=C/CCCCCCCCC. The molecule has 0 bridgehead atoms. The molecule has 0 saturated carbocycles. The maximum absolute atomic E-state index is 12.8. The largest absolute Gasteiger partial charge is 0.462 e. The monoisotopic (exact) mass is 943 g/mol. The van der Waals surface area contributed by atoms with Gasteiger partial charge in [-0.3, -0.25) is 14.4 Å². The molecule has 1 atom stereocenters. The van der Waals surface area contributed by atoms with Crippen molar-refractivity contribution in [2.75, 3.05) is 13.2 Å². The van der Waals surface area contributed by atoms with E-state index in [4.69, 9.17) is 14.2 Å². The predicted octanol–water partition coefficient (Wildman–Crippen LogP) is 18.7. The molecule has 1 unspecified atom stereocenters. The van der Waals surface area contributed by atoms with Gasteiger partial charge in [0.1, 0.15) is 13.2 Å². The van der Waals surface area contributed by atoms with Gasteiger partial charge >= 0.3 is 17.9 Å². The van der Waals surface area contributed by atoms with Crippen LogP contribution in [-0.4, -0.2) is 37.2 Å². The lowest BCUT2D eigenvalue weighted by molar-refractivity contribution is -0.167. The Balaban J connectivity index is 4.48. The molecular weight excluding hydrogens is 841 g/mol. The minimum absolute atomic E-state index is 0.101. The zero-order valence-electron chi connectivity index (χ0n) is 44.1. The zero-order valence-corrected chi connectivity index (χ0v) is 44.1. The highest BCUT2D eigenvalue weighted by Gasteiger charge is 2.19. The van der Waals surface area contributed by atoms with Gasteiger partial charge < -0.3 is 14.2 Å². The van der Waals surface area contributed by atoms with Crippen molar-refractivity contribution in [3.8, 4) is 0 Å². The normalized spacial score (nSPS) is 12.9. The number of hydrogen-bond acceptors (Lipinski definition) is 6. The molecule has 0 radical (unpaired) electrons. The smallest absolute Gasteiger partial charge is 0.306 e. The lowest BCUT2D eigenvalue weighted by atomic mass is 10.1. The van der Waals surface area contributed by atoms with Crippen molar-refractivity contribution >= 4 is 17.9 Å².